The lowest BCUT2D eigenvalue weighted by atomic mass is 10.2. The van der Waals surface area contributed by atoms with Gasteiger partial charge in [-0.2, -0.15) is 0 Å². The Morgan fingerprint density at radius 2 is 2.46 bits per heavy atom. The minimum Gasteiger partial charge on any atom is -0.357 e. The van der Waals surface area contributed by atoms with Gasteiger partial charge >= 0.3 is 0 Å². The number of nitrogens with zero attached hydrogens (tertiary/aromatic N) is 1. The maximum atomic E-state index is 5.21. The zero-order chi connectivity index (χ0) is 9.68. The molecule has 13 heavy (non-hydrogen) atoms. The first-order chi connectivity index (χ1) is 6.22. The number of hydrogen-bond acceptors (Lipinski definition) is 1. The monoisotopic (exact) mass is 176 g/mol. The van der Waals surface area contributed by atoms with E-state index in [1.165, 1.54) is 5.56 Å². The van der Waals surface area contributed by atoms with Crippen molar-refractivity contribution in [1.82, 2.24) is 9.88 Å². The molecule has 0 aliphatic rings. The van der Waals surface area contributed by atoms with E-state index in [0.717, 1.165) is 13.0 Å². The summed E-state index contributed by atoms with van der Waals surface area (Å²) in [5, 5.41) is 3.36. The van der Waals surface area contributed by atoms with Crippen LogP contribution in [0.2, 0.25) is 0 Å². The summed E-state index contributed by atoms with van der Waals surface area (Å²) in [5.41, 5.74) is 1.30. The summed E-state index contributed by atoms with van der Waals surface area (Å²) in [6, 6.07) is 2.50. The molecule has 0 saturated carbocycles. The lowest BCUT2D eigenvalue weighted by Gasteiger charge is -2.08. The number of hydrogen-bond donors (Lipinski definition) is 1. The third-order valence-corrected chi connectivity index (χ3v) is 1.97. The fourth-order valence-corrected chi connectivity index (χ4v) is 1.21. The van der Waals surface area contributed by atoms with E-state index in [1.807, 2.05) is 17.8 Å². The number of aryl methyl sites for hydroxylation is 1. The Balaban J connectivity index is 2.31. The van der Waals surface area contributed by atoms with Gasteiger partial charge in [-0.3, -0.25) is 0 Å². The van der Waals surface area contributed by atoms with Crippen LogP contribution in [0.3, 0.4) is 0 Å². The van der Waals surface area contributed by atoms with Crippen LogP contribution >= 0.6 is 0 Å². The number of rotatable bonds is 4. The van der Waals surface area contributed by atoms with Gasteiger partial charge in [0.05, 0.1) is 0 Å². The molecule has 0 bridgehead atoms. The molecule has 0 aliphatic heterocycles. The summed E-state index contributed by atoms with van der Waals surface area (Å²) in [4.78, 5) is 0. The maximum Gasteiger partial charge on any atom is 0.0238 e. The second-order valence-electron chi connectivity index (χ2n) is 3.38. The Morgan fingerprint density at radius 3 is 3.00 bits per heavy atom. The fourth-order valence-electron chi connectivity index (χ4n) is 1.21. The van der Waals surface area contributed by atoms with Crippen LogP contribution in [-0.4, -0.2) is 10.6 Å². The Labute approximate surface area is 80.0 Å². The molecule has 1 aromatic rings. The predicted octanol–water partition coefficient (Wildman–Crippen LogP) is 1.53. The first-order valence-corrected chi connectivity index (χ1v) is 4.50. The van der Waals surface area contributed by atoms with E-state index in [1.54, 1.807) is 0 Å². The summed E-state index contributed by atoms with van der Waals surface area (Å²) in [7, 11) is 2.02. The van der Waals surface area contributed by atoms with Gasteiger partial charge in [-0.15, -0.1) is 12.3 Å². The predicted molar refractivity (Wildman–Crippen MR) is 55.2 cm³/mol. The first kappa shape index (κ1) is 9.88. The third-order valence-electron chi connectivity index (χ3n) is 1.97. The van der Waals surface area contributed by atoms with Crippen LogP contribution in [0.25, 0.3) is 0 Å². The van der Waals surface area contributed by atoms with Crippen molar-refractivity contribution < 1.29 is 0 Å². The highest BCUT2D eigenvalue weighted by atomic mass is 14.9. The van der Waals surface area contributed by atoms with Crippen molar-refractivity contribution in [3.8, 4) is 12.3 Å². The molecule has 0 amide bonds. The Morgan fingerprint density at radius 1 is 1.69 bits per heavy atom. The van der Waals surface area contributed by atoms with Crippen molar-refractivity contribution in [2.75, 3.05) is 0 Å². The van der Waals surface area contributed by atoms with Gasteiger partial charge in [-0.25, -0.2) is 0 Å². The van der Waals surface area contributed by atoms with E-state index in [2.05, 4.69) is 30.4 Å². The summed E-state index contributed by atoms with van der Waals surface area (Å²) >= 11 is 0. The number of nitrogens with one attached hydrogen (secondary N) is 1. The van der Waals surface area contributed by atoms with E-state index < -0.39 is 0 Å². The molecule has 2 nitrogen and oxygen atoms in total. The molecule has 1 atom stereocenters. The van der Waals surface area contributed by atoms with E-state index in [4.69, 9.17) is 6.42 Å². The second kappa shape index (κ2) is 4.74. The molecule has 0 saturated heterocycles. The van der Waals surface area contributed by atoms with Gasteiger partial charge in [0, 0.05) is 38.4 Å². The highest BCUT2D eigenvalue weighted by Crippen LogP contribution is 1.99. The van der Waals surface area contributed by atoms with Gasteiger partial charge in [0.15, 0.2) is 0 Å². The lowest BCUT2D eigenvalue weighted by molar-refractivity contribution is 0.559. The fraction of sp³-hybridized carbons (Fsp3) is 0.455. The standard InChI is InChI=1S/C11H16N2/c1-4-5-10(2)12-8-11-6-7-13(3)9-11/h1,6-7,9-10,12H,5,8H2,2-3H3. The molecule has 0 aromatic carbocycles. The molecular formula is C11H16N2. The number of aromatic nitrogens is 1. The lowest BCUT2D eigenvalue weighted by Crippen LogP contribution is -2.24. The molecule has 0 spiro atoms. The average Bonchev–Trinajstić information content (AvgIpc) is 2.49. The van der Waals surface area contributed by atoms with Crippen LogP contribution in [0.1, 0.15) is 18.9 Å². The van der Waals surface area contributed by atoms with E-state index in [0.29, 0.717) is 6.04 Å². The van der Waals surface area contributed by atoms with Crippen LogP contribution in [0, 0.1) is 12.3 Å². The highest BCUT2D eigenvalue weighted by molar-refractivity contribution is 5.09. The zero-order valence-electron chi connectivity index (χ0n) is 8.25. The van der Waals surface area contributed by atoms with Gasteiger partial charge in [0.25, 0.3) is 0 Å². The normalized spacial score (nSPS) is 12.4. The SMILES string of the molecule is C#CCC(C)NCc1ccn(C)c1. The molecule has 0 fully saturated rings. The molecule has 1 rings (SSSR count). The van der Waals surface area contributed by atoms with Crippen LogP contribution in [0.4, 0.5) is 0 Å². The van der Waals surface area contributed by atoms with Crippen LogP contribution < -0.4 is 5.32 Å². The molecule has 70 valence electrons. The quantitative estimate of drug-likeness (QED) is 0.688. The van der Waals surface area contributed by atoms with Crippen LogP contribution in [0.5, 0.6) is 0 Å². The van der Waals surface area contributed by atoms with E-state index >= 15 is 0 Å². The zero-order valence-corrected chi connectivity index (χ0v) is 8.25. The van der Waals surface area contributed by atoms with E-state index in [9.17, 15) is 0 Å². The van der Waals surface area contributed by atoms with E-state index in [-0.39, 0.29) is 0 Å². The summed E-state index contributed by atoms with van der Waals surface area (Å²) < 4.78 is 2.04. The van der Waals surface area contributed by atoms with Crippen molar-refractivity contribution in [3.63, 3.8) is 0 Å². The van der Waals surface area contributed by atoms with Gasteiger partial charge in [-0.05, 0) is 18.6 Å². The Bertz CT molecular complexity index is 293. The molecule has 1 N–H and O–H groups in total. The molecular weight excluding hydrogens is 160 g/mol. The van der Waals surface area contributed by atoms with Gasteiger partial charge in [0.2, 0.25) is 0 Å². The minimum atomic E-state index is 0.394. The van der Waals surface area contributed by atoms with Crippen molar-refractivity contribution in [3.05, 3.63) is 24.0 Å². The third kappa shape index (κ3) is 3.35. The van der Waals surface area contributed by atoms with Crippen LogP contribution in [-0.2, 0) is 13.6 Å². The highest BCUT2D eigenvalue weighted by Gasteiger charge is 1.99. The maximum absolute atomic E-state index is 5.21. The topological polar surface area (TPSA) is 17.0 Å². The summed E-state index contributed by atoms with van der Waals surface area (Å²) in [5.74, 6) is 2.64. The molecule has 0 radical (unpaired) electrons. The van der Waals surface area contributed by atoms with Crippen LogP contribution in [0.15, 0.2) is 18.5 Å². The average molecular weight is 176 g/mol. The van der Waals surface area contributed by atoms with Crippen molar-refractivity contribution in [2.24, 2.45) is 7.05 Å². The second-order valence-corrected chi connectivity index (χ2v) is 3.38. The van der Waals surface area contributed by atoms with Crippen molar-refractivity contribution in [2.45, 2.75) is 25.9 Å². The van der Waals surface area contributed by atoms with Crippen molar-refractivity contribution in [1.29, 1.82) is 0 Å². The Hall–Kier alpha value is -1.20. The molecule has 2 heteroatoms. The Kier molecular flexibility index (Phi) is 3.60. The molecule has 0 aliphatic carbocycles. The van der Waals surface area contributed by atoms with Gasteiger partial charge in [-0.1, -0.05) is 0 Å². The van der Waals surface area contributed by atoms with Crippen molar-refractivity contribution >= 4 is 0 Å². The van der Waals surface area contributed by atoms with Gasteiger partial charge < -0.3 is 9.88 Å². The molecule has 1 aromatic heterocycles. The smallest absolute Gasteiger partial charge is 0.0238 e. The van der Waals surface area contributed by atoms with Gasteiger partial charge in [0.1, 0.15) is 0 Å². The largest absolute Gasteiger partial charge is 0.357 e. The first-order valence-electron chi connectivity index (χ1n) is 4.50. The number of terminal acetylenes is 1. The molecule has 1 heterocycles. The summed E-state index contributed by atoms with van der Waals surface area (Å²) in [6.45, 7) is 2.99. The summed E-state index contributed by atoms with van der Waals surface area (Å²) in [6.07, 6.45) is 10.1. The minimum absolute atomic E-state index is 0.394. The molecule has 1 unspecified atom stereocenters.